The molecule has 0 saturated heterocycles. The summed E-state index contributed by atoms with van der Waals surface area (Å²) in [5.41, 5.74) is 1.04. The van der Waals surface area contributed by atoms with Crippen LogP contribution in [0.1, 0.15) is 12.5 Å². The number of hydrogen-bond donors (Lipinski definition) is 1. The van der Waals surface area contributed by atoms with Crippen molar-refractivity contribution in [1.82, 2.24) is 4.72 Å². The molecule has 0 unspecified atom stereocenters. The summed E-state index contributed by atoms with van der Waals surface area (Å²) in [4.78, 5) is 0.288. The van der Waals surface area contributed by atoms with Gasteiger partial charge in [0, 0.05) is 6.54 Å². The van der Waals surface area contributed by atoms with Crippen molar-refractivity contribution in [3.05, 3.63) is 36.4 Å². The van der Waals surface area contributed by atoms with E-state index in [1.165, 1.54) is 6.54 Å². The van der Waals surface area contributed by atoms with E-state index in [1.54, 1.807) is 31.2 Å². The Morgan fingerprint density at radius 3 is 2.23 bits per heavy atom. The number of rotatable bonds is 3. The zero-order chi connectivity index (χ0) is 9.90. The van der Waals surface area contributed by atoms with E-state index in [-0.39, 0.29) is 4.90 Å². The standard InChI is InChI=1S/C9H12NO2S/c1-3-10-13(11,12)9-6-4-8(2)5-7-9/h3-7,10H,1-2H3. The zero-order valence-electron chi connectivity index (χ0n) is 7.61. The van der Waals surface area contributed by atoms with Crippen LogP contribution in [-0.4, -0.2) is 8.42 Å². The van der Waals surface area contributed by atoms with Crippen molar-refractivity contribution in [1.29, 1.82) is 0 Å². The number of sulfonamides is 1. The smallest absolute Gasteiger partial charge is 0.207 e. The van der Waals surface area contributed by atoms with Gasteiger partial charge in [-0.25, -0.2) is 13.1 Å². The molecule has 0 atom stereocenters. The predicted octanol–water partition coefficient (Wildman–Crippen LogP) is 1.46. The Morgan fingerprint density at radius 2 is 1.77 bits per heavy atom. The molecule has 0 heterocycles. The summed E-state index contributed by atoms with van der Waals surface area (Å²) in [6.07, 6.45) is 0. The quantitative estimate of drug-likeness (QED) is 0.799. The van der Waals surface area contributed by atoms with Gasteiger partial charge >= 0.3 is 0 Å². The van der Waals surface area contributed by atoms with Gasteiger partial charge in [-0.15, -0.1) is 0 Å². The lowest BCUT2D eigenvalue weighted by atomic mass is 10.2. The lowest BCUT2D eigenvalue weighted by molar-refractivity contribution is 0.588. The Kier molecular flexibility index (Phi) is 3.06. The van der Waals surface area contributed by atoms with Crippen molar-refractivity contribution in [2.24, 2.45) is 0 Å². The SMILES string of the molecule is C[CH]NS(=O)(=O)c1ccc(C)cc1. The van der Waals surface area contributed by atoms with E-state index >= 15 is 0 Å². The molecule has 13 heavy (non-hydrogen) atoms. The normalized spacial score (nSPS) is 11.5. The molecule has 0 aliphatic carbocycles. The molecule has 1 rings (SSSR count). The largest absolute Gasteiger partial charge is 0.240 e. The van der Waals surface area contributed by atoms with E-state index in [4.69, 9.17) is 0 Å². The molecule has 0 fully saturated rings. The minimum absolute atomic E-state index is 0.288. The minimum Gasteiger partial charge on any atom is -0.207 e. The molecular weight excluding hydrogens is 186 g/mol. The Balaban J connectivity index is 3.02. The number of aryl methyl sites for hydroxylation is 1. The van der Waals surface area contributed by atoms with Gasteiger partial charge in [0.1, 0.15) is 0 Å². The Bertz CT molecular complexity index is 367. The first kappa shape index (κ1) is 10.2. The van der Waals surface area contributed by atoms with Crippen LogP contribution < -0.4 is 4.72 Å². The average molecular weight is 198 g/mol. The molecule has 3 nitrogen and oxygen atoms in total. The fourth-order valence-electron chi connectivity index (χ4n) is 0.941. The first-order valence-electron chi connectivity index (χ1n) is 3.93. The highest BCUT2D eigenvalue weighted by molar-refractivity contribution is 7.89. The monoisotopic (exact) mass is 198 g/mol. The summed E-state index contributed by atoms with van der Waals surface area (Å²) in [7, 11) is -3.33. The van der Waals surface area contributed by atoms with Crippen molar-refractivity contribution >= 4 is 10.0 Å². The lowest BCUT2D eigenvalue weighted by Gasteiger charge is -2.03. The van der Waals surface area contributed by atoms with Crippen LogP contribution in [0.25, 0.3) is 0 Å². The Labute approximate surface area is 78.8 Å². The molecule has 0 aromatic heterocycles. The Morgan fingerprint density at radius 1 is 1.23 bits per heavy atom. The molecule has 0 aliphatic heterocycles. The third kappa shape index (κ3) is 2.54. The predicted molar refractivity (Wildman–Crippen MR) is 51.5 cm³/mol. The van der Waals surface area contributed by atoms with Crippen LogP contribution in [0.3, 0.4) is 0 Å². The van der Waals surface area contributed by atoms with Crippen molar-refractivity contribution in [3.63, 3.8) is 0 Å². The first-order chi connectivity index (χ1) is 6.06. The summed E-state index contributed by atoms with van der Waals surface area (Å²) < 4.78 is 25.1. The van der Waals surface area contributed by atoms with Gasteiger partial charge in [-0.3, -0.25) is 0 Å². The fourth-order valence-corrected chi connectivity index (χ4v) is 1.88. The summed E-state index contributed by atoms with van der Waals surface area (Å²) in [5.74, 6) is 0. The zero-order valence-corrected chi connectivity index (χ0v) is 8.43. The van der Waals surface area contributed by atoms with Crippen molar-refractivity contribution in [2.75, 3.05) is 0 Å². The number of hydrogen-bond acceptors (Lipinski definition) is 2. The molecule has 1 aromatic carbocycles. The van der Waals surface area contributed by atoms with E-state index in [0.29, 0.717) is 0 Å². The highest BCUT2D eigenvalue weighted by atomic mass is 32.2. The fraction of sp³-hybridized carbons (Fsp3) is 0.222. The van der Waals surface area contributed by atoms with Gasteiger partial charge in [0.2, 0.25) is 10.0 Å². The summed E-state index contributed by atoms with van der Waals surface area (Å²) >= 11 is 0. The molecule has 1 N–H and O–H groups in total. The van der Waals surface area contributed by atoms with Crippen molar-refractivity contribution < 1.29 is 8.42 Å². The first-order valence-corrected chi connectivity index (χ1v) is 5.41. The van der Waals surface area contributed by atoms with E-state index < -0.39 is 10.0 Å². The lowest BCUT2D eigenvalue weighted by Crippen LogP contribution is -2.19. The van der Waals surface area contributed by atoms with Crippen LogP contribution in [0.2, 0.25) is 0 Å². The van der Waals surface area contributed by atoms with Crippen LogP contribution in [0, 0.1) is 13.5 Å². The van der Waals surface area contributed by atoms with Gasteiger partial charge in [-0.2, -0.15) is 0 Å². The molecule has 0 spiro atoms. The highest BCUT2D eigenvalue weighted by Gasteiger charge is 2.10. The maximum absolute atomic E-state index is 11.4. The Hall–Kier alpha value is -0.870. The number of nitrogens with one attached hydrogen (secondary N) is 1. The van der Waals surface area contributed by atoms with E-state index in [0.717, 1.165) is 5.56 Å². The second kappa shape index (κ2) is 3.89. The number of benzene rings is 1. The van der Waals surface area contributed by atoms with E-state index in [2.05, 4.69) is 4.72 Å². The molecule has 1 aromatic rings. The van der Waals surface area contributed by atoms with Crippen molar-refractivity contribution in [2.45, 2.75) is 18.7 Å². The minimum atomic E-state index is -3.33. The van der Waals surface area contributed by atoms with Gasteiger partial charge in [0.25, 0.3) is 0 Å². The molecule has 71 valence electrons. The third-order valence-electron chi connectivity index (χ3n) is 1.60. The molecular formula is C9H12NO2S. The third-order valence-corrected chi connectivity index (χ3v) is 3.04. The van der Waals surface area contributed by atoms with Crippen molar-refractivity contribution in [3.8, 4) is 0 Å². The second-order valence-corrected chi connectivity index (χ2v) is 4.44. The van der Waals surface area contributed by atoms with Crippen LogP contribution in [0.5, 0.6) is 0 Å². The van der Waals surface area contributed by atoms with Crippen LogP contribution in [-0.2, 0) is 10.0 Å². The average Bonchev–Trinajstić information content (AvgIpc) is 2.05. The second-order valence-electron chi connectivity index (χ2n) is 2.72. The molecule has 4 heteroatoms. The molecule has 1 radical (unpaired) electrons. The van der Waals surface area contributed by atoms with Crippen LogP contribution in [0.4, 0.5) is 0 Å². The highest BCUT2D eigenvalue weighted by Crippen LogP contribution is 2.09. The van der Waals surface area contributed by atoms with Gasteiger partial charge in [0.15, 0.2) is 0 Å². The maximum atomic E-state index is 11.4. The van der Waals surface area contributed by atoms with Gasteiger partial charge in [-0.05, 0) is 26.0 Å². The summed E-state index contributed by atoms with van der Waals surface area (Å²) in [5, 5.41) is 0. The van der Waals surface area contributed by atoms with Gasteiger partial charge < -0.3 is 0 Å². The van der Waals surface area contributed by atoms with E-state index in [1.807, 2.05) is 6.92 Å². The molecule has 0 bridgehead atoms. The van der Waals surface area contributed by atoms with Gasteiger partial charge in [0.05, 0.1) is 4.90 Å². The van der Waals surface area contributed by atoms with E-state index in [9.17, 15) is 8.42 Å². The maximum Gasteiger partial charge on any atom is 0.240 e. The molecule has 0 amide bonds. The van der Waals surface area contributed by atoms with Crippen LogP contribution >= 0.6 is 0 Å². The topological polar surface area (TPSA) is 46.2 Å². The van der Waals surface area contributed by atoms with Gasteiger partial charge in [-0.1, -0.05) is 17.7 Å². The molecule has 0 saturated carbocycles. The van der Waals surface area contributed by atoms with Crippen LogP contribution in [0.15, 0.2) is 29.2 Å². The summed E-state index contributed by atoms with van der Waals surface area (Å²) in [6.45, 7) is 4.94. The molecule has 0 aliphatic rings. The summed E-state index contributed by atoms with van der Waals surface area (Å²) in [6, 6.07) is 6.71.